The summed E-state index contributed by atoms with van der Waals surface area (Å²) in [5, 5.41) is 9.09. The molecular formula is C13H20BrN3O. The van der Waals surface area contributed by atoms with Crippen molar-refractivity contribution in [1.82, 2.24) is 9.97 Å². The van der Waals surface area contributed by atoms with Crippen LogP contribution in [0.2, 0.25) is 0 Å². The normalized spacial score (nSPS) is 18.9. The lowest BCUT2D eigenvalue weighted by molar-refractivity contribution is 0.202. The maximum absolute atomic E-state index is 9.09. The van der Waals surface area contributed by atoms with E-state index in [9.17, 15) is 0 Å². The second-order valence-corrected chi connectivity index (χ2v) is 6.07. The smallest absolute Gasteiger partial charge is 0.225 e. The van der Waals surface area contributed by atoms with Gasteiger partial charge in [0.05, 0.1) is 4.47 Å². The van der Waals surface area contributed by atoms with Gasteiger partial charge >= 0.3 is 0 Å². The minimum Gasteiger partial charge on any atom is -0.396 e. The van der Waals surface area contributed by atoms with Crippen LogP contribution in [0.5, 0.6) is 0 Å². The second-order valence-electron chi connectivity index (χ2n) is 5.16. The third-order valence-electron chi connectivity index (χ3n) is 3.55. The van der Waals surface area contributed by atoms with E-state index in [1.165, 1.54) is 12.8 Å². The molecule has 0 saturated carbocycles. The molecule has 1 atom stereocenters. The van der Waals surface area contributed by atoms with Crippen LogP contribution in [0, 0.1) is 11.8 Å². The Hall–Kier alpha value is -0.680. The molecule has 4 nitrogen and oxygen atoms in total. The number of aliphatic hydroxyl groups is 1. The van der Waals surface area contributed by atoms with Crippen LogP contribution in [-0.4, -0.2) is 34.8 Å². The Bertz CT molecular complexity index is 363. The minimum atomic E-state index is 0.302. The van der Waals surface area contributed by atoms with Gasteiger partial charge in [-0.05, 0) is 47.0 Å². The molecule has 100 valence electrons. The van der Waals surface area contributed by atoms with E-state index in [0.717, 1.165) is 35.8 Å². The number of hydrogen-bond acceptors (Lipinski definition) is 4. The van der Waals surface area contributed by atoms with Gasteiger partial charge in [-0.25, -0.2) is 9.97 Å². The van der Waals surface area contributed by atoms with E-state index >= 15 is 0 Å². The maximum Gasteiger partial charge on any atom is 0.225 e. The van der Waals surface area contributed by atoms with Crippen LogP contribution in [-0.2, 0) is 0 Å². The van der Waals surface area contributed by atoms with Crippen LogP contribution in [0.4, 0.5) is 5.95 Å². The van der Waals surface area contributed by atoms with Crippen molar-refractivity contribution < 1.29 is 5.11 Å². The quantitative estimate of drug-likeness (QED) is 0.927. The molecule has 18 heavy (non-hydrogen) atoms. The van der Waals surface area contributed by atoms with E-state index in [2.05, 4.69) is 37.7 Å². The zero-order valence-electron chi connectivity index (χ0n) is 10.7. The third-order valence-corrected chi connectivity index (χ3v) is 3.96. The number of hydrogen-bond donors (Lipinski definition) is 1. The molecule has 0 radical (unpaired) electrons. The number of nitrogens with zero attached hydrogens (tertiary/aromatic N) is 3. The van der Waals surface area contributed by atoms with Gasteiger partial charge in [0.25, 0.3) is 0 Å². The van der Waals surface area contributed by atoms with Crippen LogP contribution in [0.3, 0.4) is 0 Å². The molecule has 0 bridgehead atoms. The minimum absolute atomic E-state index is 0.302. The summed E-state index contributed by atoms with van der Waals surface area (Å²) in [6, 6.07) is 0. The highest BCUT2D eigenvalue weighted by atomic mass is 79.9. The Morgan fingerprint density at radius 2 is 2.00 bits per heavy atom. The van der Waals surface area contributed by atoms with Crippen LogP contribution < -0.4 is 4.90 Å². The van der Waals surface area contributed by atoms with Gasteiger partial charge in [-0.1, -0.05) is 6.92 Å². The molecule has 2 heterocycles. The monoisotopic (exact) mass is 313 g/mol. The second kappa shape index (κ2) is 6.48. The number of rotatable bonds is 4. The van der Waals surface area contributed by atoms with E-state index in [4.69, 9.17) is 5.11 Å². The summed E-state index contributed by atoms with van der Waals surface area (Å²) < 4.78 is 0.915. The zero-order chi connectivity index (χ0) is 13.0. The Morgan fingerprint density at radius 3 is 2.56 bits per heavy atom. The lowest BCUT2D eigenvalue weighted by Gasteiger charge is -2.32. The molecule has 1 aliphatic heterocycles. The summed E-state index contributed by atoms with van der Waals surface area (Å²) in [6.45, 7) is 4.45. The Balaban J connectivity index is 1.84. The fourth-order valence-corrected chi connectivity index (χ4v) is 2.69. The summed E-state index contributed by atoms with van der Waals surface area (Å²) in [6.07, 6.45) is 7.06. The van der Waals surface area contributed by atoms with Gasteiger partial charge in [0.2, 0.25) is 5.95 Å². The Labute approximate surface area is 117 Å². The number of aromatic nitrogens is 2. The summed E-state index contributed by atoms with van der Waals surface area (Å²) in [5.74, 6) is 1.98. The Kier molecular flexibility index (Phi) is 4.95. The lowest BCUT2D eigenvalue weighted by Crippen LogP contribution is -2.35. The summed E-state index contributed by atoms with van der Waals surface area (Å²) in [4.78, 5) is 10.9. The fraction of sp³-hybridized carbons (Fsp3) is 0.692. The molecular weight excluding hydrogens is 294 g/mol. The predicted octanol–water partition coefficient (Wildman–Crippen LogP) is 2.47. The molecule has 1 aliphatic rings. The van der Waals surface area contributed by atoms with Gasteiger partial charge in [-0.15, -0.1) is 0 Å². The van der Waals surface area contributed by atoms with Crippen molar-refractivity contribution in [1.29, 1.82) is 0 Å². The average Bonchev–Trinajstić information content (AvgIpc) is 2.40. The van der Waals surface area contributed by atoms with Crippen molar-refractivity contribution in [3.63, 3.8) is 0 Å². The molecule has 0 aliphatic carbocycles. The highest BCUT2D eigenvalue weighted by Crippen LogP contribution is 2.25. The third kappa shape index (κ3) is 3.65. The van der Waals surface area contributed by atoms with Gasteiger partial charge in [0.15, 0.2) is 0 Å². The van der Waals surface area contributed by atoms with Crippen LogP contribution in [0.15, 0.2) is 16.9 Å². The molecule has 0 unspecified atom stereocenters. The predicted molar refractivity (Wildman–Crippen MR) is 75.5 cm³/mol. The SMILES string of the molecule is C[C@@H](CO)CC1CCN(c2ncc(Br)cn2)CC1. The van der Waals surface area contributed by atoms with Gasteiger partial charge in [-0.3, -0.25) is 0 Å². The molecule has 1 N–H and O–H groups in total. The first-order chi connectivity index (χ1) is 8.69. The summed E-state index contributed by atoms with van der Waals surface area (Å²) in [7, 11) is 0. The first-order valence-electron chi connectivity index (χ1n) is 6.52. The van der Waals surface area contributed by atoms with Gasteiger partial charge in [0.1, 0.15) is 0 Å². The van der Waals surface area contributed by atoms with Gasteiger partial charge in [0, 0.05) is 32.1 Å². The maximum atomic E-state index is 9.09. The zero-order valence-corrected chi connectivity index (χ0v) is 12.3. The molecule has 0 amide bonds. The van der Waals surface area contributed by atoms with E-state index in [0.29, 0.717) is 12.5 Å². The van der Waals surface area contributed by atoms with Crippen LogP contribution >= 0.6 is 15.9 Å². The van der Waals surface area contributed by atoms with Crippen molar-refractivity contribution in [3.05, 3.63) is 16.9 Å². The van der Waals surface area contributed by atoms with E-state index in [-0.39, 0.29) is 0 Å². The summed E-state index contributed by atoms with van der Waals surface area (Å²) >= 11 is 3.35. The van der Waals surface area contributed by atoms with Crippen molar-refractivity contribution in [2.24, 2.45) is 11.8 Å². The highest BCUT2D eigenvalue weighted by molar-refractivity contribution is 9.10. The Morgan fingerprint density at radius 1 is 1.39 bits per heavy atom. The first-order valence-corrected chi connectivity index (χ1v) is 7.31. The molecule has 1 aromatic heterocycles. The van der Waals surface area contributed by atoms with Gasteiger partial charge in [-0.2, -0.15) is 0 Å². The fourth-order valence-electron chi connectivity index (χ4n) is 2.48. The van der Waals surface area contributed by atoms with E-state index < -0.39 is 0 Å². The van der Waals surface area contributed by atoms with E-state index in [1.807, 2.05) is 0 Å². The summed E-state index contributed by atoms with van der Waals surface area (Å²) in [5.41, 5.74) is 0. The molecule has 1 fully saturated rings. The lowest BCUT2D eigenvalue weighted by atomic mass is 9.88. The molecule has 0 aromatic carbocycles. The number of halogens is 1. The van der Waals surface area contributed by atoms with Crippen LogP contribution in [0.25, 0.3) is 0 Å². The van der Waals surface area contributed by atoms with Crippen molar-refractivity contribution in [2.75, 3.05) is 24.6 Å². The molecule has 1 aromatic rings. The van der Waals surface area contributed by atoms with Gasteiger partial charge < -0.3 is 10.0 Å². The first kappa shape index (κ1) is 13.7. The highest BCUT2D eigenvalue weighted by Gasteiger charge is 2.22. The topological polar surface area (TPSA) is 49.2 Å². The van der Waals surface area contributed by atoms with Crippen molar-refractivity contribution >= 4 is 21.9 Å². The van der Waals surface area contributed by atoms with Crippen LogP contribution in [0.1, 0.15) is 26.2 Å². The molecule has 2 rings (SSSR count). The standard InChI is InChI=1S/C13H20BrN3O/c1-10(9-18)6-11-2-4-17(5-3-11)13-15-7-12(14)8-16-13/h7-8,10-11,18H,2-6,9H2,1H3/t10-/m1/s1. The number of piperidine rings is 1. The van der Waals surface area contributed by atoms with Crippen molar-refractivity contribution in [2.45, 2.75) is 26.2 Å². The van der Waals surface area contributed by atoms with Crippen molar-refractivity contribution in [3.8, 4) is 0 Å². The number of anilines is 1. The largest absolute Gasteiger partial charge is 0.396 e. The molecule has 5 heteroatoms. The van der Waals surface area contributed by atoms with E-state index in [1.54, 1.807) is 12.4 Å². The average molecular weight is 314 g/mol. The number of aliphatic hydroxyl groups excluding tert-OH is 1. The molecule has 1 saturated heterocycles. The molecule has 0 spiro atoms.